The van der Waals surface area contributed by atoms with Crippen LogP contribution in [0.5, 0.6) is 0 Å². The maximum atomic E-state index is 11.5. The molecule has 0 bridgehead atoms. The molecule has 0 radical (unpaired) electrons. The van der Waals surface area contributed by atoms with E-state index in [1.807, 2.05) is 13.8 Å². The summed E-state index contributed by atoms with van der Waals surface area (Å²) in [6.45, 7) is 4.22. The van der Waals surface area contributed by atoms with Gasteiger partial charge >= 0.3 is 0 Å². The molecule has 0 aliphatic rings. The summed E-state index contributed by atoms with van der Waals surface area (Å²) in [5.74, 6) is 0.572. The number of nitrogens with one attached hydrogen (secondary N) is 1. The van der Waals surface area contributed by atoms with E-state index in [0.29, 0.717) is 18.8 Å². The molecule has 1 amide bonds. The van der Waals surface area contributed by atoms with Crippen molar-refractivity contribution < 1.29 is 4.79 Å². The third kappa shape index (κ3) is 5.60. The van der Waals surface area contributed by atoms with Gasteiger partial charge in [-0.25, -0.2) is 9.97 Å². The molecule has 6 heteroatoms. The minimum absolute atomic E-state index is 0. The standard InChI is InChI=1S/C11H18N4O.ClH/c1-3-4-10(12)11(16)14-7-9-5-6-13-8(2)15-9;/h5-6,10H,3-4,7,12H2,1-2H3,(H,14,16);1H. The normalized spacial score (nSPS) is 11.5. The quantitative estimate of drug-likeness (QED) is 0.824. The van der Waals surface area contributed by atoms with E-state index >= 15 is 0 Å². The number of hydrogen-bond acceptors (Lipinski definition) is 4. The van der Waals surface area contributed by atoms with E-state index in [0.717, 1.165) is 12.1 Å². The number of carbonyl (C=O) groups excluding carboxylic acids is 1. The summed E-state index contributed by atoms with van der Waals surface area (Å²) >= 11 is 0. The highest BCUT2D eigenvalue weighted by atomic mass is 35.5. The first kappa shape index (κ1) is 15.8. The van der Waals surface area contributed by atoms with Crippen LogP contribution in [0.3, 0.4) is 0 Å². The predicted molar refractivity (Wildman–Crippen MR) is 68.7 cm³/mol. The Morgan fingerprint density at radius 3 is 2.88 bits per heavy atom. The number of aromatic nitrogens is 2. The van der Waals surface area contributed by atoms with Crippen LogP contribution in [0, 0.1) is 6.92 Å². The van der Waals surface area contributed by atoms with Crippen LogP contribution in [0.15, 0.2) is 12.3 Å². The Bertz CT molecular complexity index is 359. The second kappa shape index (κ2) is 7.97. The molecule has 3 N–H and O–H groups in total. The summed E-state index contributed by atoms with van der Waals surface area (Å²) in [5, 5.41) is 2.76. The van der Waals surface area contributed by atoms with Crippen LogP contribution in [0.1, 0.15) is 31.3 Å². The molecule has 1 aromatic heterocycles. The molecule has 1 aromatic rings. The number of nitrogens with two attached hydrogens (primary N) is 1. The van der Waals surface area contributed by atoms with Gasteiger partial charge in [0.05, 0.1) is 18.3 Å². The van der Waals surface area contributed by atoms with Gasteiger partial charge in [-0.15, -0.1) is 12.4 Å². The van der Waals surface area contributed by atoms with E-state index in [1.165, 1.54) is 0 Å². The fourth-order valence-corrected chi connectivity index (χ4v) is 1.35. The Labute approximate surface area is 108 Å². The van der Waals surface area contributed by atoms with Crippen LogP contribution in [0.4, 0.5) is 0 Å². The Morgan fingerprint density at radius 1 is 1.59 bits per heavy atom. The number of rotatable bonds is 5. The zero-order valence-electron chi connectivity index (χ0n) is 10.1. The smallest absolute Gasteiger partial charge is 0.237 e. The van der Waals surface area contributed by atoms with Gasteiger partial charge in [0.2, 0.25) is 5.91 Å². The van der Waals surface area contributed by atoms with Crippen LogP contribution in [-0.4, -0.2) is 21.9 Å². The predicted octanol–water partition coefficient (Wildman–Crippen LogP) is 0.950. The lowest BCUT2D eigenvalue weighted by Crippen LogP contribution is -2.40. The Morgan fingerprint density at radius 2 is 2.29 bits per heavy atom. The van der Waals surface area contributed by atoms with E-state index in [9.17, 15) is 4.79 Å². The first-order chi connectivity index (χ1) is 7.63. The van der Waals surface area contributed by atoms with Crippen molar-refractivity contribution in [2.24, 2.45) is 5.73 Å². The van der Waals surface area contributed by atoms with Crippen LogP contribution < -0.4 is 11.1 Å². The molecular formula is C11H19ClN4O. The van der Waals surface area contributed by atoms with Crippen LogP contribution in [0.2, 0.25) is 0 Å². The first-order valence-electron chi connectivity index (χ1n) is 5.45. The summed E-state index contributed by atoms with van der Waals surface area (Å²) in [5.41, 5.74) is 6.47. The molecule has 1 unspecified atom stereocenters. The summed E-state index contributed by atoms with van der Waals surface area (Å²) in [7, 11) is 0. The van der Waals surface area contributed by atoms with E-state index < -0.39 is 6.04 Å². The molecule has 0 aromatic carbocycles. The topological polar surface area (TPSA) is 80.9 Å². The molecule has 1 heterocycles. The maximum absolute atomic E-state index is 11.5. The van der Waals surface area contributed by atoms with Crippen LogP contribution >= 0.6 is 12.4 Å². The minimum Gasteiger partial charge on any atom is -0.349 e. The minimum atomic E-state index is -0.423. The van der Waals surface area contributed by atoms with E-state index in [-0.39, 0.29) is 18.3 Å². The molecule has 1 atom stereocenters. The van der Waals surface area contributed by atoms with Crippen molar-refractivity contribution in [1.29, 1.82) is 0 Å². The summed E-state index contributed by atoms with van der Waals surface area (Å²) in [6.07, 6.45) is 3.28. The number of amides is 1. The molecule has 0 saturated heterocycles. The van der Waals surface area contributed by atoms with Crippen molar-refractivity contribution in [2.75, 3.05) is 0 Å². The van der Waals surface area contributed by atoms with Gasteiger partial charge in [-0.3, -0.25) is 4.79 Å². The highest BCUT2D eigenvalue weighted by Crippen LogP contribution is 1.96. The number of halogens is 1. The molecule has 5 nitrogen and oxygen atoms in total. The van der Waals surface area contributed by atoms with Gasteiger partial charge in [0.1, 0.15) is 5.82 Å². The lowest BCUT2D eigenvalue weighted by molar-refractivity contribution is -0.122. The second-order valence-electron chi connectivity index (χ2n) is 3.71. The fourth-order valence-electron chi connectivity index (χ4n) is 1.35. The van der Waals surface area contributed by atoms with Crippen molar-refractivity contribution >= 4 is 18.3 Å². The number of carbonyl (C=O) groups is 1. The van der Waals surface area contributed by atoms with Crippen LogP contribution in [0.25, 0.3) is 0 Å². The third-order valence-electron chi connectivity index (χ3n) is 2.21. The second-order valence-corrected chi connectivity index (χ2v) is 3.71. The number of nitrogens with zero attached hydrogens (tertiary/aromatic N) is 2. The SMILES string of the molecule is CCCC(N)C(=O)NCc1ccnc(C)n1.Cl. The zero-order valence-corrected chi connectivity index (χ0v) is 11.0. The lowest BCUT2D eigenvalue weighted by Gasteiger charge is -2.10. The Hall–Kier alpha value is -1.20. The molecule has 0 fully saturated rings. The first-order valence-corrected chi connectivity index (χ1v) is 5.45. The van der Waals surface area contributed by atoms with Crippen LogP contribution in [-0.2, 0) is 11.3 Å². The lowest BCUT2D eigenvalue weighted by atomic mass is 10.1. The molecule has 0 aliphatic heterocycles. The van der Waals surface area contributed by atoms with Gasteiger partial charge in [0.15, 0.2) is 0 Å². The van der Waals surface area contributed by atoms with E-state index in [2.05, 4.69) is 15.3 Å². The van der Waals surface area contributed by atoms with Gasteiger partial charge < -0.3 is 11.1 Å². The fraction of sp³-hybridized carbons (Fsp3) is 0.545. The van der Waals surface area contributed by atoms with Gasteiger partial charge in [-0.05, 0) is 19.4 Å². The van der Waals surface area contributed by atoms with Crippen molar-refractivity contribution in [3.63, 3.8) is 0 Å². The molecule has 0 saturated carbocycles. The largest absolute Gasteiger partial charge is 0.349 e. The van der Waals surface area contributed by atoms with Crippen molar-refractivity contribution in [3.05, 3.63) is 23.8 Å². The number of hydrogen-bond donors (Lipinski definition) is 2. The Balaban J connectivity index is 0.00000256. The van der Waals surface area contributed by atoms with E-state index in [4.69, 9.17) is 5.73 Å². The highest BCUT2D eigenvalue weighted by molar-refractivity contribution is 5.85. The summed E-state index contributed by atoms with van der Waals surface area (Å²) in [4.78, 5) is 19.7. The zero-order chi connectivity index (χ0) is 12.0. The molecule has 0 spiro atoms. The molecule has 1 rings (SSSR count). The monoisotopic (exact) mass is 258 g/mol. The summed E-state index contributed by atoms with van der Waals surface area (Å²) < 4.78 is 0. The number of aryl methyl sites for hydroxylation is 1. The van der Waals surface area contributed by atoms with Gasteiger partial charge in [-0.2, -0.15) is 0 Å². The molecule has 0 aliphatic carbocycles. The van der Waals surface area contributed by atoms with Gasteiger partial charge in [0, 0.05) is 6.20 Å². The Kier molecular flexibility index (Phi) is 7.41. The average Bonchev–Trinajstić information content (AvgIpc) is 2.26. The van der Waals surface area contributed by atoms with Crippen molar-refractivity contribution in [1.82, 2.24) is 15.3 Å². The third-order valence-corrected chi connectivity index (χ3v) is 2.21. The molecule has 96 valence electrons. The average molecular weight is 259 g/mol. The molecular weight excluding hydrogens is 240 g/mol. The van der Waals surface area contributed by atoms with Gasteiger partial charge in [-0.1, -0.05) is 13.3 Å². The molecule has 17 heavy (non-hydrogen) atoms. The van der Waals surface area contributed by atoms with Crippen molar-refractivity contribution in [3.8, 4) is 0 Å². The summed E-state index contributed by atoms with van der Waals surface area (Å²) in [6, 6.07) is 1.35. The maximum Gasteiger partial charge on any atom is 0.237 e. The van der Waals surface area contributed by atoms with Gasteiger partial charge in [0.25, 0.3) is 0 Å². The van der Waals surface area contributed by atoms with E-state index in [1.54, 1.807) is 12.3 Å². The highest BCUT2D eigenvalue weighted by Gasteiger charge is 2.11. The van der Waals surface area contributed by atoms with Crippen molar-refractivity contribution in [2.45, 2.75) is 39.3 Å².